The summed E-state index contributed by atoms with van der Waals surface area (Å²) in [5, 5.41) is 12.4. The zero-order valence-electron chi connectivity index (χ0n) is 10.4. The molecule has 0 bridgehead atoms. The molecule has 0 radical (unpaired) electrons. The number of aromatic carboxylic acids is 1. The number of carboxylic acid groups (broad SMARTS) is 1. The van der Waals surface area contributed by atoms with Crippen LogP contribution < -0.4 is 5.32 Å². The van der Waals surface area contributed by atoms with Gasteiger partial charge in [0.15, 0.2) is 0 Å². The quantitative estimate of drug-likeness (QED) is 0.450. The highest BCUT2D eigenvalue weighted by molar-refractivity contribution is 7.98. The van der Waals surface area contributed by atoms with Crippen molar-refractivity contribution in [3.63, 3.8) is 0 Å². The van der Waals surface area contributed by atoms with Crippen LogP contribution in [0.1, 0.15) is 29.6 Å². The molecule has 4 heteroatoms. The summed E-state index contributed by atoms with van der Waals surface area (Å²) < 4.78 is 0. The second kappa shape index (κ2) is 7.67. The molecule has 0 saturated heterocycles. The molecule has 0 atom stereocenters. The number of carbonyl (C=O) groups is 1. The fourth-order valence-corrected chi connectivity index (χ4v) is 2.26. The Hall–Kier alpha value is -1.60. The van der Waals surface area contributed by atoms with E-state index in [2.05, 4.69) is 11.2 Å². The van der Waals surface area contributed by atoms with Crippen molar-refractivity contribution in [3.05, 3.63) is 23.8 Å². The van der Waals surface area contributed by atoms with E-state index >= 15 is 0 Å². The van der Waals surface area contributed by atoms with Gasteiger partial charge < -0.3 is 10.4 Å². The predicted molar refractivity (Wildman–Crippen MR) is 76.4 cm³/mol. The average Bonchev–Trinajstić information content (AvgIpc) is 2.37. The van der Waals surface area contributed by atoms with Crippen LogP contribution in [0.2, 0.25) is 0 Å². The lowest BCUT2D eigenvalue weighted by Crippen LogP contribution is -2.08. The fourth-order valence-electron chi connectivity index (χ4n) is 1.64. The Kier molecular flexibility index (Phi) is 6.16. The molecule has 0 heterocycles. The molecule has 0 aromatic heterocycles. The molecule has 0 saturated carbocycles. The van der Waals surface area contributed by atoms with Crippen LogP contribution in [0, 0.1) is 12.3 Å². The summed E-state index contributed by atoms with van der Waals surface area (Å²) in [5.41, 5.74) is 1.03. The lowest BCUT2D eigenvalue weighted by Gasteiger charge is -2.11. The second-order valence-electron chi connectivity index (χ2n) is 3.78. The molecule has 0 unspecified atom stereocenters. The topological polar surface area (TPSA) is 49.3 Å². The Labute approximate surface area is 112 Å². The summed E-state index contributed by atoms with van der Waals surface area (Å²) >= 11 is 1.44. The number of thioether (sulfide) groups is 1. The summed E-state index contributed by atoms with van der Waals surface area (Å²) in [5.74, 6) is 1.69. The highest BCUT2D eigenvalue weighted by Crippen LogP contribution is 2.27. The van der Waals surface area contributed by atoms with Crippen LogP contribution in [0.4, 0.5) is 5.69 Å². The number of benzene rings is 1. The maximum atomic E-state index is 11.3. The van der Waals surface area contributed by atoms with Gasteiger partial charge in [-0.3, -0.25) is 0 Å². The maximum Gasteiger partial charge on any atom is 0.338 e. The fraction of sp³-hybridized carbons (Fsp3) is 0.357. The molecule has 1 aromatic carbocycles. The molecule has 0 fully saturated rings. The van der Waals surface area contributed by atoms with Gasteiger partial charge in [0.05, 0.1) is 5.56 Å². The first-order valence-electron chi connectivity index (χ1n) is 5.78. The number of anilines is 1. The number of hydrogen-bond donors (Lipinski definition) is 2. The number of carboxylic acids is 1. The molecule has 1 rings (SSSR count). The molecule has 0 amide bonds. The van der Waals surface area contributed by atoms with Crippen molar-refractivity contribution >= 4 is 23.4 Å². The van der Waals surface area contributed by atoms with Crippen LogP contribution in [-0.2, 0) is 0 Å². The van der Waals surface area contributed by atoms with Crippen LogP contribution in [0.3, 0.4) is 0 Å². The Balaban J connectivity index is 2.70. The van der Waals surface area contributed by atoms with Gasteiger partial charge in [-0.1, -0.05) is 6.07 Å². The standard InChI is InChI=1S/C14H17NO2S/c1-3-4-5-6-10-15-11-8-7-9-12(18-2)13(11)14(16)17/h1,7-9,15H,4-6,10H2,2H3,(H,16,17). The third-order valence-electron chi connectivity index (χ3n) is 2.52. The van der Waals surface area contributed by atoms with E-state index in [1.165, 1.54) is 11.8 Å². The van der Waals surface area contributed by atoms with Gasteiger partial charge >= 0.3 is 5.97 Å². The molecule has 0 aliphatic rings. The highest BCUT2D eigenvalue weighted by atomic mass is 32.2. The normalized spacial score (nSPS) is 9.78. The number of terminal acetylenes is 1. The van der Waals surface area contributed by atoms with Gasteiger partial charge in [0.1, 0.15) is 0 Å². The lowest BCUT2D eigenvalue weighted by molar-refractivity contribution is 0.0694. The number of hydrogen-bond acceptors (Lipinski definition) is 3. The summed E-state index contributed by atoms with van der Waals surface area (Å²) in [7, 11) is 0. The Morgan fingerprint density at radius 2 is 2.28 bits per heavy atom. The molecular formula is C14H17NO2S. The van der Waals surface area contributed by atoms with Crippen molar-refractivity contribution in [3.8, 4) is 12.3 Å². The predicted octanol–water partition coefficient (Wildman–Crippen LogP) is 3.32. The minimum Gasteiger partial charge on any atom is -0.478 e. The number of rotatable bonds is 7. The van der Waals surface area contributed by atoms with Gasteiger partial charge in [-0.05, 0) is 31.2 Å². The van der Waals surface area contributed by atoms with Gasteiger partial charge in [0, 0.05) is 23.5 Å². The zero-order valence-corrected chi connectivity index (χ0v) is 11.2. The van der Waals surface area contributed by atoms with Crippen molar-refractivity contribution in [2.75, 3.05) is 18.1 Å². The van der Waals surface area contributed by atoms with Crippen LogP contribution in [0.5, 0.6) is 0 Å². The molecule has 18 heavy (non-hydrogen) atoms. The van der Waals surface area contributed by atoms with Crippen molar-refractivity contribution in [2.45, 2.75) is 24.2 Å². The number of nitrogens with one attached hydrogen (secondary N) is 1. The first-order chi connectivity index (χ1) is 8.70. The van der Waals surface area contributed by atoms with E-state index in [4.69, 9.17) is 6.42 Å². The van der Waals surface area contributed by atoms with Crippen LogP contribution in [-0.4, -0.2) is 23.9 Å². The van der Waals surface area contributed by atoms with E-state index in [1.54, 1.807) is 6.07 Å². The molecule has 96 valence electrons. The minimum absolute atomic E-state index is 0.349. The monoisotopic (exact) mass is 263 g/mol. The zero-order chi connectivity index (χ0) is 13.4. The van der Waals surface area contributed by atoms with Crippen molar-refractivity contribution in [2.24, 2.45) is 0 Å². The summed E-state index contributed by atoms with van der Waals surface area (Å²) in [4.78, 5) is 12.0. The van der Waals surface area contributed by atoms with Crippen molar-refractivity contribution in [1.29, 1.82) is 0 Å². The van der Waals surface area contributed by atoms with E-state index in [0.717, 1.165) is 30.7 Å². The first kappa shape index (κ1) is 14.5. The molecule has 1 aromatic rings. The largest absolute Gasteiger partial charge is 0.478 e. The van der Waals surface area contributed by atoms with Gasteiger partial charge in [0.25, 0.3) is 0 Å². The van der Waals surface area contributed by atoms with E-state index in [0.29, 0.717) is 11.3 Å². The molecule has 0 aliphatic heterocycles. The summed E-state index contributed by atoms with van der Waals surface area (Å²) in [6.45, 7) is 0.736. The van der Waals surface area contributed by atoms with Crippen LogP contribution in [0.15, 0.2) is 23.1 Å². The highest BCUT2D eigenvalue weighted by Gasteiger charge is 2.14. The van der Waals surface area contributed by atoms with Gasteiger partial charge in [-0.2, -0.15) is 0 Å². The van der Waals surface area contributed by atoms with Crippen molar-refractivity contribution < 1.29 is 9.90 Å². The summed E-state index contributed by atoms with van der Waals surface area (Å²) in [6, 6.07) is 5.48. The van der Waals surface area contributed by atoms with E-state index in [-0.39, 0.29) is 0 Å². The van der Waals surface area contributed by atoms with Crippen molar-refractivity contribution in [1.82, 2.24) is 0 Å². The van der Waals surface area contributed by atoms with E-state index < -0.39 is 5.97 Å². The smallest absolute Gasteiger partial charge is 0.338 e. The lowest BCUT2D eigenvalue weighted by atomic mass is 10.1. The Morgan fingerprint density at radius 1 is 1.50 bits per heavy atom. The molecule has 0 spiro atoms. The SMILES string of the molecule is C#CCCCCNc1cccc(SC)c1C(=O)O. The van der Waals surface area contributed by atoms with Gasteiger partial charge in [-0.25, -0.2) is 4.79 Å². The van der Waals surface area contributed by atoms with E-state index in [1.807, 2.05) is 18.4 Å². The minimum atomic E-state index is -0.897. The maximum absolute atomic E-state index is 11.3. The Morgan fingerprint density at radius 3 is 2.89 bits per heavy atom. The van der Waals surface area contributed by atoms with Crippen LogP contribution in [0.25, 0.3) is 0 Å². The third kappa shape index (κ3) is 4.01. The first-order valence-corrected chi connectivity index (χ1v) is 7.00. The van der Waals surface area contributed by atoms with Gasteiger partial charge in [0.2, 0.25) is 0 Å². The molecule has 0 aliphatic carbocycles. The summed E-state index contributed by atoms with van der Waals surface area (Å²) in [6.07, 6.45) is 9.70. The molecule has 3 nitrogen and oxygen atoms in total. The molecular weight excluding hydrogens is 246 g/mol. The van der Waals surface area contributed by atoms with Crippen LogP contribution >= 0.6 is 11.8 Å². The average molecular weight is 263 g/mol. The third-order valence-corrected chi connectivity index (χ3v) is 3.30. The second-order valence-corrected chi connectivity index (χ2v) is 4.62. The number of unbranched alkanes of at least 4 members (excludes halogenated alkanes) is 2. The molecule has 2 N–H and O–H groups in total. The van der Waals surface area contributed by atoms with E-state index in [9.17, 15) is 9.90 Å². The Bertz CT molecular complexity index is 452. The van der Waals surface area contributed by atoms with Gasteiger partial charge in [-0.15, -0.1) is 24.1 Å².